The molecule has 0 unspecified atom stereocenters. The van der Waals surface area contributed by atoms with Crippen molar-refractivity contribution >= 4 is 21.6 Å². The third kappa shape index (κ3) is 2.72. The third-order valence-corrected chi connectivity index (χ3v) is 4.40. The van der Waals surface area contributed by atoms with Crippen LogP contribution in [0.3, 0.4) is 0 Å². The molecule has 0 radical (unpaired) electrons. The van der Waals surface area contributed by atoms with Gasteiger partial charge in [0.2, 0.25) is 10.0 Å². The molecule has 5 nitrogen and oxygen atoms in total. The van der Waals surface area contributed by atoms with Gasteiger partial charge in [-0.25, -0.2) is 13.4 Å². The molecular weight excluding hydrogens is 276 g/mol. The smallest absolute Gasteiger partial charge is 0.243 e. The maximum Gasteiger partial charge on any atom is 0.243 e. The minimum Gasteiger partial charge on any atom is -0.472 e. The zero-order valence-electron chi connectivity index (χ0n) is 9.58. The van der Waals surface area contributed by atoms with Crippen LogP contribution < -0.4 is 0 Å². The first-order valence-corrected chi connectivity index (χ1v) is 6.91. The van der Waals surface area contributed by atoms with Crippen molar-refractivity contribution in [3.8, 4) is 0 Å². The van der Waals surface area contributed by atoms with Crippen molar-refractivity contribution in [2.45, 2.75) is 11.4 Å². The van der Waals surface area contributed by atoms with Crippen LogP contribution in [-0.2, 0) is 16.6 Å². The summed E-state index contributed by atoms with van der Waals surface area (Å²) in [5.74, 6) is 0. The lowest BCUT2D eigenvalue weighted by atomic mass is 10.3. The lowest BCUT2D eigenvalue weighted by Gasteiger charge is -2.16. The average molecular weight is 287 g/mol. The summed E-state index contributed by atoms with van der Waals surface area (Å²) < 4.78 is 30.6. The molecule has 0 aliphatic heterocycles. The first-order chi connectivity index (χ1) is 8.50. The maximum absolute atomic E-state index is 12.2. The van der Waals surface area contributed by atoms with E-state index in [4.69, 9.17) is 16.0 Å². The van der Waals surface area contributed by atoms with Crippen LogP contribution in [0.25, 0.3) is 0 Å². The Kier molecular flexibility index (Phi) is 3.70. The highest BCUT2D eigenvalue weighted by Gasteiger charge is 2.21. The van der Waals surface area contributed by atoms with E-state index in [0.717, 1.165) is 5.56 Å². The lowest BCUT2D eigenvalue weighted by molar-refractivity contribution is 0.463. The average Bonchev–Trinajstić information content (AvgIpc) is 2.81. The zero-order chi connectivity index (χ0) is 13.2. The van der Waals surface area contributed by atoms with Gasteiger partial charge in [0, 0.05) is 25.4 Å². The van der Waals surface area contributed by atoms with Gasteiger partial charge in [-0.2, -0.15) is 4.31 Å². The van der Waals surface area contributed by atoms with E-state index in [9.17, 15) is 8.42 Å². The molecule has 0 aromatic carbocycles. The number of rotatable bonds is 4. The normalized spacial score (nSPS) is 11.9. The number of sulfonamides is 1. The van der Waals surface area contributed by atoms with Gasteiger partial charge in [-0.05, 0) is 18.2 Å². The molecule has 0 saturated heterocycles. The maximum atomic E-state index is 12.2. The minimum absolute atomic E-state index is 0.119. The van der Waals surface area contributed by atoms with Crippen molar-refractivity contribution in [1.29, 1.82) is 0 Å². The van der Waals surface area contributed by atoms with Gasteiger partial charge in [-0.1, -0.05) is 11.6 Å². The van der Waals surface area contributed by atoms with E-state index < -0.39 is 10.0 Å². The lowest BCUT2D eigenvalue weighted by Crippen LogP contribution is -2.26. The molecule has 2 aromatic heterocycles. The van der Waals surface area contributed by atoms with Gasteiger partial charge in [0.15, 0.2) is 0 Å². The van der Waals surface area contributed by atoms with Crippen molar-refractivity contribution in [3.05, 3.63) is 47.6 Å². The Hall–Kier alpha value is -1.37. The van der Waals surface area contributed by atoms with E-state index in [1.165, 1.54) is 42.2 Å². The van der Waals surface area contributed by atoms with Gasteiger partial charge < -0.3 is 4.42 Å². The van der Waals surface area contributed by atoms with E-state index in [0.29, 0.717) is 0 Å². The molecule has 0 saturated carbocycles. The molecule has 0 atom stereocenters. The second kappa shape index (κ2) is 5.09. The van der Waals surface area contributed by atoms with Crippen LogP contribution in [0.1, 0.15) is 5.56 Å². The first kappa shape index (κ1) is 13.1. The Morgan fingerprint density at radius 2 is 2.22 bits per heavy atom. The number of nitrogens with zero attached hydrogens (tertiary/aromatic N) is 2. The molecular formula is C11H11ClN2O3S. The summed E-state index contributed by atoms with van der Waals surface area (Å²) in [5.41, 5.74) is 0.779. The van der Waals surface area contributed by atoms with E-state index in [-0.39, 0.29) is 16.6 Å². The number of halogens is 1. The fraction of sp³-hybridized carbons (Fsp3) is 0.182. The van der Waals surface area contributed by atoms with Gasteiger partial charge in [0.05, 0.1) is 17.4 Å². The predicted molar refractivity (Wildman–Crippen MR) is 66.6 cm³/mol. The Bertz CT molecular complexity index is 625. The molecule has 2 aromatic rings. The summed E-state index contributed by atoms with van der Waals surface area (Å²) >= 11 is 5.69. The highest BCUT2D eigenvalue weighted by Crippen LogP contribution is 2.18. The van der Waals surface area contributed by atoms with Crippen LogP contribution in [0.5, 0.6) is 0 Å². The Balaban J connectivity index is 2.25. The van der Waals surface area contributed by atoms with Gasteiger partial charge >= 0.3 is 0 Å². The van der Waals surface area contributed by atoms with Crippen molar-refractivity contribution in [1.82, 2.24) is 9.29 Å². The van der Waals surface area contributed by atoms with Gasteiger partial charge in [0.25, 0.3) is 0 Å². The third-order valence-electron chi connectivity index (χ3n) is 2.39. The molecule has 0 amide bonds. The van der Waals surface area contributed by atoms with E-state index in [2.05, 4.69) is 4.98 Å². The summed E-state index contributed by atoms with van der Waals surface area (Å²) in [4.78, 5) is 3.87. The number of pyridine rings is 1. The molecule has 18 heavy (non-hydrogen) atoms. The van der Waals surface area contributed by atoms with Crippen LogP contribution >= 0.6 is 11.6 Å². The highest BCUT2D eigenvalue weighted by atomic mass is 35.5. The van der Waals surface area contributed by atoms with Crippen LogP contribution in [-0.4, -0.2) is 24.8 Å². The van der Waals surface area contributed by atoms with Crippen LogP contribution in [0.2, 0.25) is 5.15 Å². The SMILES string of the molecule is CN(Cc1ccoc1)S(=O)(=O)c1ccnc(Cl)c1. The number of hydrogen-bond donors (Lipinski definition) is 0. The van der Waals surface area contributed by atoms with Gasteiger partial charge in [0.1, 0.15) is 5.15 Å². The first-order valence-electron chi connectivity index (χ1n) is 5.09. The fourth-order valence-corrected chi connectivity index (χ4v) is 2.86. The molecule has 0 N–H and O–H groups in total. The number of furan rings is 1. The molecule has 0 aliphatic rings. The Morgan fingerprint density at radius 3 is 2.83 bits per heavy atom. The second-order valence-electron chi connectivity index (χ2n) is 3.71. The summed E-state index contributed by atoms with van der Waals surface area (Å²) in [6.45, 7) is 0.235. The fourth-order valence-electron chi connectivity index (χ4n) is 1.45. The standard InChI is InChI=1S/C11H11ClN2O3S/c1-14(7-9-3-5-17-8-9)18(15,16)10-2-4-13-11(12)6-10/h2-6,8H,7H2,1H3. The van der Waals surface area contributed by atoms with Crippen molar-refractivity contribution in [2.75, 3.05) is 7.05 Å². The summed E-state index contributed by atoms with van der Waals surface area (Å²) in [6.07, 6.45) is 4.37. The van der Waals surface area contributed by atoms with E-state index in [1.54, 1.807) is 6.07 Å². The minimum atomic E-state index is -3.57. The number of aromatic nitrogens is 1. The largest absolute Gasteiger partial charge is 0.472 e. The van der Waals surface area contributed by atoms with Gasteiger partial charge in [-0.3, -0.25) is 0 Å². The molecule has 0 spiro atoms. The monoisotopic (exact) mass is 286 g/mol. The topological polar surface area (TPSA) is 63.4 Å². The summed E-state index contributed by atoms with van der Waals surface area (Å²) in [5, 5.41) is 0.146. The molecule has 0 fully saturated rings. The molecule has 7 heteroatoms. The quantitative estimate of drug-likeness (QED) is 0.808. The molecule has 2 heterocycles. The molecule has 2 rings (SSSR count). The summed E-state index contributed by atoms with van der Waals surface area (Å²) in [7, 11) is -2.07. The second-order valence-corrected chi connectivity index (χ2v) is 6.14. The van der Waals surface area contributed by atoms with Crippen molar-refractivity contribution < 1.29 is 12.8 Å². The van der Waals surface area contributed by atoms with Crippen LogP contribution in [0.15, 0.2) is 46.2 Å². The molecule has 0 bridgehead atoms. The van der Waals surface area contributed by atoms with E-state index in [1.807, 2.05) is 0 Å². The van der Waals surface area contributed by atoms with Gasteiger partial charge in [-0.15, -0.1) is 0 Å². The summed E-state index contributed by atoms with van der Waals surface area (Å²) in [6, 6.07) is 4.45. The van der Waals surface area contributed by atoms with E-state index >= 15 is 0 Å². The Morgan fingerprint density at radius 1 is 1.44 bits per heavy atom. The van der Waals surface area contributed by atoms with Crippen molar-refractivity contribution in [3.63, 3.8) is 0 Å². The van der Waals surface area contributed by atoms with Crippen LogP contribution in [0.4, 0.5) is 0 Å². The van der Waals surface area contributed by atoms with Crippen LogP contribution in [0, 0.1) is 0 Å². The number of hydrogen-bond acceptors (Lipinski definition) is 4. The zero-order valence-corrected chi connectivity index (χ0v) is 11.1. The highest BCUT2D eigenvalue weighted by molar-refractivity contribution is 7.89. The van der Waals surface area contributed by atoms with Crippen molar-refractivity contribution in [2.24, 2.45) is 0 Å². The molecule has 96 valence electrons. The molecule has 0 aliphatic carbocycles. The Labute approximate surface area is 110 Å². The predicted octanol–water partition coefficient (Wildman–Crippen LogP) is 2.15.